The molecule has 4 aliphatic rings. The van der Waals surface area contributed by atoms with Gasteiger partial charge in [-0.05, 0) is 115 Å². The van der Waals surface area contributed by atoms with E-state index in [0.29, 0.717) is 0 Å². The van der Waals surface area contributed by atoms with Crippen molar-refractivity contribution in [1.82, 2.24) is 0 Å². The van der Waals surface area contributed by atoms with Crippen molar-refractivity contribution < 1.29 is 0 Å². The van der Waals surface area contributed by atoms with Crippen molar-refractivity contribution >= 4 is 0 Å². The van der Waals surface area contributed by atoms with Crippen molar-refractivity contribution in [3.63, 3.8) is 0 Å². The van der Waals surface area contributed by atoms with Gasteiger partial charge in [0.05, 0.1) is 10.8 Å². The lowest BCUT2D eigenvalue weighted by Crippen LogP contribution is -2.39. The summed E-state index contributed by atoms with van der Waals surface area (Å²) in [6.45, 7) is 16.0. The fourth-order valence-corrected chi connectivity index (χ4v) is 10.9. The van der Waals surface area contributed by atoms with Gasteiger partial charge in [0.15, 0.2) is 0 Å². The number of benzene rings is 8. The maximum absolute atomic E-state index is 2.35. The van der Waals surface area contributed by atoms with E-state index in [9.17, 15) is 0 Å². The van der Waals surface area contributed by atoms with Crippen molar-refractivity contribution in [3.05, 3.63) is 283 Å². The van der Waals surface area contributed by atoms with Gasteiger partial charge in [-0.2, -0.15) is 0 Å². The summed E-state index contributed by atoms with van der Waals surface area (Å²) in [6.07, 6.45) is 4.05. The summed E-state index contributed by atoms with van der Waals surface area (Å²) < 4.78 is 0. The SMILES string of the molecule is CC.CC.CC.CC.c1ccc2c(c1)Cc1ccccc1C21c2ccccc2Cc2ccccc21.c1ccc2c(c1)Cc1ccccc1C21c2ccccc2Cc2ccccc21. The van der Waals surface area contributed by atoms with Gasteiger partial charge >= 0.3 is 0 Å². The van der Waals surface area contributed by atoms with Gasteiger partial charge in [0, 0.05) is 0 Å². The molecule has 12 rings (SSSR count). The van der Waals surface area contributed by atoms with Crippen LogP contribution >= 0.6 is 0 Å². The first kappa shape index (κ1) is 43.8. The highest BCUT2D eigenvalue weighted by atomic mass is 14.5. The predicted octanol–water partition coefficient (Wildman–Crippen LogP) is 15.9. The molecule has 0 unspecified atom stereocenters. The van der Waals surface area contributed by atoms with Crippen LogP contribution in [0.2, 0.25) is 0 Å². The molecule has 0 amide bonds. The number of hydrogen-bond donors (Lipinski definition) is 0. The average molecular weight is 809 g/mol. The van der Waals surface area contributed by atoms with Gasteiger partial charge in [0.25, 0.3) is 0 Å². The highest BCUT2D eigenvalue weighted by Crippen LogP contribution is 2.56. The Hall–Kier alpha value is -6.24. The van der Waals surface area contributed by atoms with Crippen LogP contribution in [0.4, 0.5) is 0 Å². The van der Waals surface area contributed by atoms with Crippen LogP contribution in [0.15, 0.2) is 194 Å². The molecule has 8 aromatic rings. The van der Waals surface area contributed by atoms with Crippen LogP contribution in [-0.4, -0.2) is 0 Å². The molecule has 62 heavy (non-hydrogen) atoms. The first-order chi connectivity index (χ1) is 30.8. The Morgan fingerprint density at radius 2 is 0.306 bits per heavy atom. The van der Waals surface area contributed by atoms with E-state index in [4.69, 9.17) is 0 Å². The molecule has 0 bridgehead atoms. The van der Waals surface area contributed by atoms with E-state index in [2.05, 4.69) is 194 Å². The van der Waals surface area contributed by atoms with Gasteiger partial charge in [0.2, 0.25) is 0 Å². The summed E-state index contributed by atoms with van der Waals surface area (Å²) >= 11 is 0. The van der Waals surface area contributed by atoms with E-state index in [1.165, 1.54) is 89.0 Å². The Balaban J connectivity index is 0.000000161. The minimum Gasteiger partial charge on any atom is -0.0683 e. The third kappa shape index (κ3) is 7.04. The van der Waals surface area contributed by atoms with Crippen molar-refractivity contribution in [1.29, 1.82) is 0 Å². The lowest BCUT2D eigenvalue weighted by Gasteiger charge is -2.46. The summed E-state index contributed by atoms with van der Waals surface area (Å²) in [4.78, 5) is 0. The Bertz CT molecular complexity index is 2170. The summed E-state index contributed by atoms with van der Waals surface area (Å²) in [7, 11) is 0. The zero-order valence-electron chi connectivity index (χ0n) is 38.3. The van der Waals surface area contributed by atoms with Gasteiger partial charge in [-0.3, -0.25) is 0 Å². The molecule has 0 heterocycles. The third-order valence-corrected chi connectivity index (χ3v) is 12.9. The Morgan fingerprint density at radius 3 is 0.435 bits per heavy atom. The molecule has 0 aromatic heterocycles. The summed E-state index contributed by atoms with van der Waals surface area (Å²) in [5.41, 5.74) is 22.7. The van der Waals surface area contributed by atoms with E-state index in [1.54, 1.807) is 0 Å². The molecule has 0 atom stereocenters. The van der Waals surface area contributed by atoms with Crippen molar-refractivity contribution in [2.24, 2.45) is 0 Å². The summed E-state index contributed by atoms with van der Waals surface area (Å²) in [5, 5.41) is 0. The fraction of sp³-hybridized carbons (Fsp3) is 0.226. The molecule has 312 valence electrons. The van der Waals surface area contributed by atoms with Gasteiger partial charge in [-0.1, -0.05) is 250 Å². The number of hydrogen-bond acceptors (Lipinski definition) is 0. The highest BCUT2D eigenvalue weighted by molar-refractivity contribution is 5.73. The molecule has 0 saturated heterocycles. The zero-order chi connectivity index (χ0) is 43.7. The van der Waals surface area contributed by atoms with E-state index in [1.807, 2.05) is 55.4 Å². The molecule has 0 aliphatic heterocycles. The molecular weight excluding hydrogens is 745 g/mol. The van der Waals surface area contributed by atoms with Gasteiger partial charge in [-0.25, -0.2) is 0 Å². The minimum atomic E-state index is -0.211. The van der Waals surface area contributed by atoms with E-state index in [-0.39, 0.29) is 10.8 Å². The molecule has 0 N–H and O–H groups in total. The van der Waals surface area contributed by atoms with Gasteiger partial charge in [0.1, 0.15) is 0 Å². The highest BCUT2D eigenvalue weighted by Gasteiger charge is 2.48. The molecule has 0 heteroatoms. The Kier molecular flexibility index (Phi) is 13.9. The zero-order valence-corrected chi connectivity index (χ0v) is 38.3. The molecule has 0 fully saturated rings. The quantitative estimate of drug-likeness (QED) is 0.143. The monoisotopic (exact) mass is 809 g/mol. The number of rotatable bonds is 0. The van der Waals surface area contributed by atoms with Crippen LogP contribution < -0.4 is 0 Å². The van der Waals surface area contributed by atoms with E-state index < -0.39 is 0 Å². The molecule has 2 spiro atoms. The third-order valence-electron chi connectivity index (χ3n) is 12.9. The Labute approximate surface area is 373 Å². The smallest absolute Gasteiger partial charge is 0.0683 e. The standard InChI is InChI=1S/2C27H20.4C2H6/c2*1-5-13-23-19(9-1)17-20-10-2-6-14-24(20)27(23)25-15-7-3-11-21(25)18-22-12-4-8-16-26(22)27;4*1-2/h2*1-16H,17-18H2;4*1-2H3. The minimum absolute atomic E-state index is 0.211. The summed E-state index contributed by atoms with van der Waals surface area (Å²) in [5.74, 6) is 0. The maximum Gasteiger partial charge on any atom is 0.0712 e. The number of fused-ring (bicyclic) bond motifs is 16. The van der Waals surface area contributed by atoms with Gasteiger partial charge < -0.3 is 0 Å². The second-order valence-electron chi connectivity index (χ2n) is 15.5. The second-order valence-corrected chi connectivity index (χ2v) is 15.5. The molecule has 0 radical (unpaired) electrons. The molecule has 0 nitrogen and oxygen atoms in total. The maximum atomic E-state index is 2.35. The molecule has 8 aromatic carbocycles. The average Bonchev–Trinajstić information content (AvgIpc) is 3.36. The fourth-order valence-electron chi connectivity index (χ4n) is 10.9. The van der Waals surface area contributed by atoms with Crippen molar-refractivity contribution in [2.45, 2.75) is 91.9 Å². The van der Waals surface area contributed by atoms with Crippen molar-refractivity contribution in [3.8, 4) is 0 Å². The predicted molar refractivity (Wildman–Crippen MR) is 266 cm³/mol. The largest absolute Gasteiger partial charge is 0.0712 e. The van der Waals surface area contributed by atoms with Crippen LogP contribution in [0.25, 0.3) is 0 Å². The topological polar surface area (TPSA) is 0 Å². The summed E-state index contributed by atoms with van der Waals surface area (Å²) in [6, 6.07) is 72.4. The van der Waals surface area contributed by atoms with Gasteiger partial charge in [-0.15, -0.1) is 0 Å². The normalized spacial score (nSPS) is 13.8. The first-order valence-corrected chi connectivity index (χ1v) is 23.4. The lowest BCUT2D eigenvalue weighted by molar-refractivity contribution is 0.670. The van der Waals surface area contributed by atoms with Crippen LogP contribution in [0.3, 0.4) is 0 Å². The lowest BCUT2D eigenvalue weighted by atomic mass is 9.56. The van der Waals surface area contributed by atoms with Crippen LogP contribution in [0, 0.1) is 0 Å². The van der Waals surface area contributed by atoms with Crippen LogP contribution in [-0.2, 0) is 36.5 Å². The van der Waals surface area contributed by atoms with Crippen molar-refractivity contribution in [2.75, 3.05) is 0 Å². The van der Waals surface area contributed by atoms with E-state index >= 15 is 0 Å². The van der Waals surface area contributed by atoms with Crippen LogP contribution in [0.1, 0.15) is 144 Å². The first-order valence-electron chi connectivity index (χ1n) is 23.4. The molecular formula is C62H64. The molecule has 4 aliphatic carbocycles. The Morgan fingerprint density at radius 1 is 0.194 bits per heavy atom. The second kappa shape index (κ2) is 19.6. The van der Waals surface area contributed by atoms with E-state index in [0.717, 1.165) is 25.7 Å². The molecule has 0 saturated carbocycles. The van der Waals surface area contributed by atoms with Crippen LogP contribution in [0.5, 0.6) is 0 Å².